The van der Waals surface area contributed by atoms with E-state index in [2.05, 4.69) is 20.3 Å². The number of benzene rings is 2. The second kappa shape index (κ2) is 6.74. The Morgan fingerprint density at radius 2 is 1.88 bits per heavy atom. The van der Waals surface area contributed by atoms with E-state index in [1.165, 1.54) is 19.2 Å². The van der Waals surface area contributed by atoms with Gasteiger partial charge in [0.2, 0.25) is 0 Å². The maximum Gasteiger partial charge on any atom is 0.339 e. The maximum atomic E-state index is 12.5. The molecule has 0 aliphatic heterocycles. The number of esters is 1. The second-order valence-electron chi connectivity index (χ2n) is 5.09. The molecule has 126 valence electrons. The lowest BCUT2D eigenvalue weighted by molar-refractivity contribution is 0.0600. The predicted octanol–water partition coefficient (Wildman–Crippen LogP) is 2.62. The highest BCUT2D eigenvalue weighted by Crippen LogP contribution is 2.22. The van der Waals surface area contributed by atoms with Gasteiger partial charge in [-0.1, -0.05) is 29.8 Å². The first kappa shape index (κ1) is 16.7. The fraction of sp³-hybridized carbons (Fsp3) is 0.0588. The third-order valence-electron chi connectivity index (χ3n) is 3.54. The molecule has 3 rings (SSSR count). The molecule has 0 bridgehead atoms. The number of rotatable bonds is 3. The highest BCUT2D eigenvalue weighted by molar-refractivity contribution is 6.33. The zero-order chi connectivity index (χ0) is 18.0. The molecule has 8 heteroatoms. The molecule has 1 heterocycles. The van der Waals surface area contributed by atoms with Crippen LogP contribution in [0.5, 0.6) is 0 Å². The molecule has 0 aliphatic carbocycles. The van der Waals surface area contributed by atoms with Crippen LogP contribution in [0.25, 0.3) is 10.8 Å². The van der Waals surface area contributed by atoms with Crippen molar-refractivity contribution in [1.82, 2.24) is 10.2 Å². The molecule has 25 heavy (non-hydrogen) atoms. The Morgan fingerprint density at radius 1 is 1.16 bits per heavy atom. The number of carbonyl (C=O) groups is 2. The number of methoxy groups -OCH3 is 1. The Balaban J connectivity index is 1.98. The zero-order valence-electron chi connectivity index (χ0n) is 13.0. The highest BCUT2D eigenvalue weighted by Gasteiger charge is 2.16. The normalized spacial score (nSPS) is 10.5. The molecule has 0 radical (unpaired) electrons. The number of nitrogens with zero attached hydrogens (tertiary/aromatic N) is 1. The van der Waals surface area contributed by atoms with Gasteiger partial charge in [0.15, 0.2) is 5.69 Å². The van der Waals surface area contributed by atoms with Crippen LogP contribution in [0.4, 0.5) is 5.69 Å². The molecule has 0 saturated carbocycles. The molecular weight excluding hydrogens is 346 g/mol. The summed E-state index contributed by atoms with van der Waals surface area (Å²) in [5.41, 5.74) is 0.143. The summed E-state index contributed by atoms with van der Waals surface area (Å²) >= 11 is 5.95. The average Bonchev–Trinajstić information content (AvgIpc) is 2.63. The van der Waals surface area contributed by atoms with Gasteiger partial charge in [0, 0.05) is 11.1 Å². The van der Waals surface area contributed by atoms with E-state index in [4.69, 9.17) is 11.6 Å². The van der Waals surface area contributed by atoms with Crippen molar-refractivity contribution in [1.29, 1.82) is 0 Å². The van der Waals surface area contributed by atoms with E-state index >= 15 is 0 Å². The average molecular weight is 358 g/mol. The highest BCUT2D eigenvalue weighted by atomic mass is 35.5. The van der Waals surface area contributed by atoms with Crippen LogP contribution in [0.2, 0.25) is 5.02 Å². The minimum absolute atomic E-state index is 0.0600. The molecule has 1 amide bonds. The molecule has 0 atom stereocenters. The molecule has 3 aromatic rings. The summed E-state index contributed by atoms with van der Waals surface area (Å²) in [7, 11) is 1.24. The van der Waals surface area contributed by atoms with Crippen molar-refractivity contribution in [3.8, 4) is 0 Å². The second-order valence-corrected chi connectivity index (χ2v) is 5.49. The van der Waals surface area contributed by atoms with E-state index in [0.29, 0.717) is 16.5 Å². The number of amides is 1. The van der Waals surface area contributed by atoms with Gasteiger partial charge in [-0.3, -0.25) is 9.59 Å². The van der Waals surface area contributed by atoms with Crippen LogP contribution in [0.3, 0.4) is 0 Å². The Morgan fingerprint density at radius 3 is 2.60 bits per heavy atom. The van der Waals surface area contributed by atoms with E-state index < -0.39 is 11.9 Å². The number of anilines is 1. The number of carbonyl (C=O) groups excluding carboxylic acids is 2. The van der Waals surface area contributed by atoms with Crippen molar-refractivity contribution in [2.75, 3.05) is 12.4 Å². The summed E-state index contributed by atoms with van der Waals surface area (Å²) in [6.45, 7) is 0. The smallest absolute Gasteiger partial charge is 0.339 e. The van der Waals surface area contributed by atoms with E-state index in [1.807, 2.05) is 0 Å². The van der Waals surface area contributed by atoms with Crippen LogP contribution in [0.15, 0.2) is 47.3 Å². The lowest BCUT2D eigenvalue weighted by atomic mass is 10.1. The number of nitrogens with one attached hydrogen (secondary N) is 2. The van der Waals surface area contributed by atoms with Crippen molar-refractivity contribution >= 4 is 39.9 Å². The molecule has 0 spiro atoms. The molecule has 1 aromatic heterocycles. The van der Waals surface area contributed by atoms with Crippen LogP contribution in [0.1, 0.15) is 20.8 Å². The van der Waals surface area contributed by atoms with Crippen molar-refractivity contribution < 1.29 is 14.3 Å². The molecule has 7 nitrogen and oxygen atoms in total. The summed E-state index contributed by atoms with van der Waals surface area (Å²) in [6.07, 6.45) is 0. The standard InChI is InChI=1S/C17H12ClN3O4/c1-25-17(24)12-8-9(6-7-13(12)18)19-16(23)14-10-4-2-3-5-11(10)15(22)21-20-14/h2-8H,1H3,(H,19,23)(H,21,22). The topological polar surface area (TPSA) is 101 Å². The fourth-order valence-corrected chi connectivity index (χ4v) is 2.54. The van der Waals surface area contributed by atoms with Gasteiger partial charge in [-0.05, 0) is 24.3 Å². The number of H-pyrrole nitrogens is 1. The molecule has 2 N–H and O–H groups in total. The van der Waals surface area contributed by atoms with Crippen molar-refractivity contribution in [2.24, 2.45) is 0 Å². The molecule has 0 aliphatic rings. The number of hydrogen-bond acceptors (Lipinski definition) is 5. The van der Waals surface area contributed by atoms with Gasteiger partial charge in [-0.15, -0.1) is 0 Å². The summed E-state index contributed by atoms with van der Waals surface area (Å²) in [4.78, 5) is 36.0. The van der Waals surface area contributed by atoms with E-state index in [9.17, 15) is 14.4 Å². The first-order valence-corrected chi connectivity index (χ1v) is 7.55. The van der Waals surface area contributed by atoms with Gasteiger partial charge in [0.25, 0.3) is 11.5 Å². The van der Waals surface area contributed by atoms with Gasteiger partial charge in [0.05, 0.1) is 23.1 Å². The summed E-state index contributed by atoms with van der Waals surface area (Å²) in [6, 6.07) is 11.1. The third-order valence-corrected chi connectivity index (χ3v) is 3.87. The Hall–Kier alpha value is -3.19. The van der Waals surface area contributed by atoms with Crippen LogP contribution < -0.4 is 10.9 Å². The zero-order valence-corrected chi connectivity index (χ0v) is 13.8. The molecular formula is C17H12ClN3O4. The fourth-order valence-electron chi connectivity index (χ4n) is 2.35. The lowest BCUT2D eigenvalue weighted by Gasteiger charge is -2.09. The molecule has 0 saturated heterocycles. The number of aromatic amines is 1. The molecule has 2 aromatic carbocycles. The van der Waals surface area contributed by atoms with E-state index in [0.717, 1.165) is 0 Å². The van der Waals surface area contributed by atoms with Gasteiger partial charge >= 0.3 is 5.97 Å². The lowest BCUT2D eigenvalue weighted by Crippen LogP contribution is -2.19. The number of hydrogen-bond donors (Lipinski definition) is 2. The van der Waals surface area contributed by atoms with Crippen LogP contribution in [0, 0.1) is 0 Å². The van der Waals surface area contributed by atoms with Gasteiger partial charge < -0.3 is 10.1 Å². The number of halogens is 1. The van der Waals surface area contributed by atoms with Gasteiger partial charge in [-0.2, -0.15) is 5.10 Å². The van der Waals surface area contributed by atoms with Crippen molar-refractivity contribution in [3.05, 3.63) is 69.1 Å². The summed E-state index contributed by atoms with van der Waals surface area (Å²) in [5, 5.41) is 9.73. The summed E-state index contributed by atoms with van der Waals surface area (Å²) < 4.78 is 4.64. The minimum Gasteiger partial charge on any atom is -0.465 e. The predicted molar refractivity (Wildman–Crippen MR) is 93.1 cm³/mol. The molecule has 0 fully saturated rings. The minimum atomic E-state index is -0.617. The monoisotopic (exact) mass is 357 g/mol. The van der Waals surface area contributed by atoms with E-state index in [-0.39, 0.29) is 21.8 Å². The van der Waals surface area contributed by atoms with Gasteiger partial charge in [0.1, 0.15) is 0 Å². The van der Waals surface area contributed by atoms with Crippen LogP contribution in [-0.4, -0.2) is 29.2 Å². The Bertz CT molecular complexity index is 1050. The summed E-state index contributed by atoms with van der Waals surface area (Å²) in [5.74, 6) is -1.15. The largest absolute Gasteiger partial charge is 0.465 e. The molecule has 0 unspecified atom stereocenters. The number of aromatic nitrogens is 2. The SMILES string of the molecule is COC(=O)c1cc(NC(=O)c2n[nH]c(=O)c3ccccc23)ccc1Cl. The first-order chi connectivity index (χ1) is 12.0. The van der Waals surface area contributed by atoms with Crippen molar-refractivity contribution in [2.45, 2.75) is 0 Å². The first-order valence-electron chi connectivity index (χ1n) is 7.18. The van der Waals surface area contributed by atoms with E-state index in [1.54, 1.807) is 30.3 Å². The number of fused-ring (bicyclic) bond motifs is 1. The Kier molecular flexibility index (Phi) is 4.49. The third kappa shape index (κ3) is 3.22. The van der Waals surface area contributed by atoms with Crippen molar-refractivity contribution in [3.63, 3.8) is 0 Å². The Labute approximate surface area is 146 Å². The van der Waals surface area contributed by atoms with Crippen LogP contribution >= 0.6 is 11.6 Å². The number of ether oxygens (including phenoxy) is 1. The van der Waals surface area contributed by atoms with Gasteiger partial charge in [-0.25, -0.2) is 9.89 Å². The quantitative estimate of drug-likeness (QED) is 0.702. The van der Waals surface area contributed by atoms with Crippen LogP contribution in [-0.2, 0) is 4.74 Å². The maximum absolute atomic E-state index is 12.5.